The first kappa shape index (κ1) is 19.9. The molecule has 2 atom stereocenters. The average Bonchev–Trinajstić information content (AvgIpc) is 3.11. The van der Waals surface area contributed by atoms with Crippen molar-refractivity contribution in [2.45, 2.75) is 83.2 Å². The highest BCUT2D eigenvalue weighted by Gasteiger charge is 2.33. The van der Waals surface area contributed by atoms with Crippen molar-refractivity contribution in [1.82, 2.24) is 15.4 Å². The zero-order valence-corrected chi connectivity index (χ0v) is 16.7. The molecule has 2 aliphatic heterocycles. The molecule has 2 N–H and O–H groups in total. The third-order valence-corrected chi connectivity index (χ3v) is 5.46. The molecule has 0 aliphatic carbocycles. The largest absolute Gasteiger partial charge is 0.359 e. The maximum absolute atomic E-state index is 12.8. The third kappa shape index (κ3) is 5.09. The number of hydrogen-bond donors (Lipinski definition) is 2. The van der Waals surface area contributed by atoms with Crippen LogP contribution in [0.3, 0.4) is 0 Å². The highest BCUT2D eigenvalue weighted by molar-refractivity contribution is 5.96. The molecular weight excluding hydrogens is 344 g/mol. The summed E-state index contributed by atoms with van der Waals surface area (Å²) >= 11 is 0. The number of hydrogen-bond acceptors (Lipinski definition) is 5. The Balaban J connectivity index is 1.62. The summed E-state index contributed by atoms with van der Waals surface area (Å²) in [7, 11) is 0. The highest BCUT2D eigenvalue weighted by atomic mass is 16.5. The molecule has 150 valence electrons. The van der Waals surface area contributed by atoms with Gasteiger partial charge in [0.25, 0.3) is 0 Å². The van der Waals surface area contributed by atoms with E-state index in [1.54, 1.807) is 11.0 Å². The van der Waals surface area contributed by atoms with Crippen molar-refractivity contribution >= 4 is 17.6 Å². The van der Waals surface area contributed by atoms with Crippen LogP contribution in [0.25, 0.3) is 0 Å². The minimum Gasteiger partial charge on any atom is -0.359 e. The normalized spacial score (nSPS) is 23.9. The van der Waals surface area contributed by atoms with Gasteiger partial charge in [0.05, 0.1) is 0 Å². The van der Waals surface area contributed by atoms with Gasteiger partial charge in [0.1, 0.15) is 11.8 Å². The maximum atomic E-state index is 12.8. The second kappa shape index (κ2) is 8.42. The number of anilines is 1. The molecule has 1 aromatic rings. The Kier molecular flexibility index (Phi) is 6.19. The number of carbonyl (C=O) groups excluding carboxylic acids is 2. The van der Waals surface area contributed by atoms with Crippen molar-refractivity contribution in [3.05, 3.63) is 11.8 Å². The molecule has 2 amide bonds. The lowest BCUT2D eigenvalue weighted by Gasteiger charge is -2.36. The molecule has 1 aromatic heterocycles. The number of carbonyl (C=O) groups is 2. The van der Waals surface area contributed by atoms with Gasteiger partial charge in [-0.15, -0.1) is 0 Å². The van der Waals surface area contributed by atoms with Crippen LogP contribution in [0.4, 0.5) is 5.82 Å². The van der Waals surface area contributed by atoms with Crippen LogP contribution in [-0.4, -0.2) is 47.0 Å². The minimum absolute atomic E-state index is 0.0739. The third-order valence-electron chi connectivity index (χ3n) is 5.46. The molecule has 27 heavy (non-hydrogen) atoms. The standard InChI is InChI=1S/C20H32N4O3/c1-20(2,3)16-13-17(23-27-16)22-19(26)15-9-5-7-11-24(15)18(25)12-14-8-4-6-10-21-14/h13-15,21H,4-12H2,1-3H3,(H,22,23,26)/t14?,15-/m0/s1. The van der Waals surface area contributed by atoms with E-state index in [0.29, 0.717) is 25.2 Å². The van der Waals surface area contributed by atoms with Crippen molar-refractivity contribution in [3.8, 4) is 0 Å². The Hall–Kier alpha value is -1.89. The molecule has 0 radical (unpaired) electrons. The second-order valence-corrected chi connectivity index (χ2v) is 8.77. The fraction of sp³-hybridized carbons (Fsp3) is 0.750. The van der Waals surface area contributed by atoms with Gasteiger partial charge in [-0.2, -0.15) is 0 Å². The fourth-order valence-corrected chi connectivity index (χ4v) is 3.83. The first-order valence-corrected chi connectivity index (χ1v) is 10.2. The number of nitrogens with one attached hydrogen (secondary N) is 2. The van der Waals surface area contributed by atoms with E-state index in [9.17, 15) is 9.59 Å². The molecule has 2 aliphatic rings. The monoisotopic (exact) mass is 376 g/mol. The van der Waals surface area contributed by atoms with E-state index in [0.717, 1.165) is 38.0 Å². The molecular formula is C20H32N4O3. The van der Waals surface area contributed by atoms with Crippen LogP contribution in [0, 0.1) is 0 Å². The van der Waals surface area contributed by atoms with Crippen molar-refractivity contribution in [2.24, 2.45) is 0 Å². The Labute approximate surface area is 161 Å². The lowest BCUT2D eigenvalue weighted by Crippen LogP contribution is -2.51. The van der Waals surface area contributed by atoms with Crippen LogP contribution < -0.4 is 10.6 Å². The number of amides is 2. The molecule has 2 saturated heterocycles. The van der Waals surface area contributed by atoms with E-state index in [1.165, 1.54) is 6.42 Å². The van der Waals surface area contributed by atoms with Crippen LogP contribution in [-0.2, 0) is 15.0 Å². The van der Waals surface area contributed by atoms with E-state index in [4.69, 9.17) is 4.52 Å². The Morgan fingerprint density at radius 1 is 1.26 bits per heavy atom. The minimum atomic E-state index is -0.426. The van der Waals surface area contributed by atoms with Crippen molar-refractivity contribution in [1.29, 1.82) is 0 Å². The molecule has 7 heteroatoms. The SMILES string of the molecule is CC(C)(C)c1cc(NC(=O)[C@@H]2CCCCN2C(=O)CC2CCCCN2)no1. The molecule has 1 unspecified atom stereocenters. The summed E-state index contributed by atoms with van der Waals surface area (Å²) in [6, 6.07) is 1.57. The Bertz CT molecular complexity index is 658. The summed E-state index contributed by atoms with van der Waals surface area (Å²) in [6.45, 7) is 7.71. The molecule has 2 fully saturated rings. The first-order valence-electron chi connectivity index (χ1n) is 10.2. The van der Waals surface area contributed by atoms with Crippen LogP contribution in [0.15, 0.2) is 10.6 Å². The predicted molar refractivity (Wildman–Crippen MR) is 103 cm³/mol. The Morgan fingerprint density at radius 3 is 2.70 bits per heavy atom. The summed E-state index contributed by atoms with van der Waals surface area (Å²) in [5, 5.41) is 10.2. The molecule has 0 saturated carbocycles. The molecule has 3 rings (SSSR count). The quantitative estimate of drug-likeness (QED) is 0.844. The van der Waals surface area contributed by atoms with Gasteiger partial charge in [-0.1, -0.05) is 32.3 Å². The maximum Gasteiger partial charge on any atom is 0.248 e. The molecule has 0 bridgehead atoms. The number of piperidine rings is 2. The van der Waals surface area contributed by atoms with E-state index in [2.05, 4.69) is 15.8 Å². The molecule has 3 heterocycles. The van der Waals surface area contributed by atoms with Gasteiger partial charge in [-0.3, -0.25) is 9.59 Å². The molecule has 0 aromatic carbocycles. The lowest BCUT2D eigenvalue weighted by molar-refractivity contribution is -0.140. The van der Waals surface area contributed by atoms with Gasteiger partial charge in [-0.05, 0) is 38.6 Å². The van der Waals surface area contributed by atoms with E-state index in [1.807, 2.05) is 20.8 Å². The van der Waals surface area contributed by atoms with Gasteiger partial charge in [0, 0.05) is 30.5 Å². The van der Waals surface area contributed by atoms with Gasteiger partial charge >= 0.3 is 0 Å². The summed E-state index contributed by atoms with van der Waals surface area (Å²) in [4.78, 5) is 27.4. The lowest BCUT2D eigenvalue weighted by atomic mass is 9.93. The van der Waals surface area contributed by atoms with E-state index < -0.39 is 6.04 Å². The van der Waals surface area contributed by atoms with Crippen LogP contribution >= 0.6 is 0 Å². The molecule has 0 spiro atoms. The average molecular weight is 377 g/mol. The summed E-state index contributed by atoms with van der Waals surface area (Å²) in [6.07, 6.45) is 6.44. The second-order valence-electron chi connectivity index (χ2n) is 8.77. The number of nitrogens with zero attached hydrogens (tertiary/aromatic N) is 2. The van der Waals surface area contributed by atoms with E-state index >= 15 is 0 Å². The van der Waals surface area contributed by atoms with Gasteiger partial charge < -0.3 is 20.1 Å². The van der Waals surface area contributed by atoms with Crippen LogP contribution in [0.1, 0.15) is 71.5 Å². The predicted octanol–water partition coefficient (Wildman–Crippen LogP) is 2.82. The number of rotatable bonds is 4. The molecule has 7 nitrogen and oxygen atoms in total. The Morgan fingerprint density at radius 2 is 2.04 bits per heavy atom. The van der Waals surface area contributed by atoms with Gasteiger partial charge in [0.2, 0.25) is 11.8 Å². The van der Waals surface area contributed by atoms with Gasteiger partial charge in [-0.25, -0.2) is 0 Å². The number of likely N-dealkylation sites (tertiary alicyclic amines) is 1. The topological polar surface area (TPSA) is 87.5 Å². The first-order chi connectivity index (χ1) is 12.8. The zero-order valence-electron chi connectivity index (χ0n) is 16.7. The van der Waals surface area contributed by atoms with Crippen molar-refractivity contribution in [3.63, 3.8) is 0 Å². The van der Waals surface area contributed by atoms with Crippen LogP contribution in [0.5, 0.6) is 0 Å². The van der Waals surface area contributed by atoms with Gasteiger partial charge in [0.15, 0.2) is 5.82 Å². The highest BCUT2D eigenvalue weighted by Crippen LogP contribution is 2.25. The number of aromatic nitrogens is 1. The summed E-state index contributed by atoms with van der Waals surface area (Å²) in [5.74, 6) is 1.03. The summed E-state index contributed by atoms with van der Waals surface area (Å²) in [5.41, 5.74) is -0.171. The van der Waals surface area contributed by atoms with Crippen molar-refractivity contribution < 1.29 is 14.1 Å². The summed E-state index contributed by atoms with van der Waals surface area (Å²) < 4.78 is 5.34. The van der Waals surface area contributed by atoms with Crippen LogP contribution in [0.2, 0.25) is 0 Å². The zero-order chi connectivity index (χ0) is 19.4. The fourth-order valence-electron chi connectivity index (χ4n) is 3.83. The van der Waals surface area contributed by atoms with E-state index in [-0.39, 0.29) is 23.3 Å². The van der Waals surface area contributed by atoms with Crippen molar-refractivity contribution in [2.75, 3.05) is 18.4 Å². The smallest absolute Gasteiger partial charge is 0.248 e.